The molecule has 166 valence electrons. The van der Waals surface area contributed by atoms with Gasteiger partial charge in [-0.1, -0.05) is 12.7 Å². The SMILES string of the molecule is C=CCOc1ccc(-n2c(C)cc(/C=C3\C(=O)NC(=O)N(c4ccncc4)C3=O)c2C)cc1. The van der Waals surface area contributed by atoms with Crippen molar-refractivity contribution in [2.24, 2.45) is 0 Å². The normalized spacial score (nSPS) is 15.0. The number of amides is 4. The van der Waals surface area contributed by atoms with Crippen LogP contribution in [0.3, 0.4) is 0 Å². The van der Waals surface area contributed by atoms with E-state index in [1.54, 1.807) is 6.08 Å². The third-order valence-electron chi connectivity index (χ3n) is 5.26. The highest BCUT2D eigenvalue weighted by Crippen LogP contribution is 2.26. The second kappa shape index (κ2) is 8.96. The van der Waals surface area contributed by atoms with Crippen molar-refractivity contribution in [1.82, 2.24) is 14.9 Å². The molecule has 4 rings (SSSR count). The van der Waals surface area contributed by atoms with Crippen LogP contribution >= 0.6 is 0 Å². The first kappa shape index (κ1) is 21.8. The highest BCUT2D eigenvalue weighted by molar-refractivity contribution is 6.39. The minimum atomic E-state index is -0.794. The number of rotatable bonds is 6. The van der Waals surface area contributed by atoms with Crippen LogP contribution in [0.4, 0.5) is 10.5 Å². The van der Waals surface area contributed by atoms with Gasteiger partial charge in [0.05, 0.1) is 5.69 Å². The second-order valence-corrected chi connectivity index (χ2v) is 7.42. The Bertz CT molecular complexity index is 1270. The van der Waals surface area contributed by atoms with Crippen molar-refractivity contribution < 1.29 is 19.1 Å². The molecule has 0 radical (unpaired) electrons. The molecule has 8 nitrogen and oxygen atoms in total. The van der Waals surface area contributed by atoms with Crippen LogP contribution in [0.25, 0.3) is 11.8 Å². The standard InChI is InChI=1S/C25H22N4O4/c1-4-13-33-21-7-5-19(6-8-21)28-16(2)14-18(17(28)3)15-22-23(30)27-25(32)29(24(22)31)20-9-11-26-12-10-20/h4-12,14-15H,1,13H2,2-3H3,(H,27,30,32)/b22-15+. The second-order valence-electron chi connectivity index (χ2n) is 7.42. The van der Waals surface area contributed by atoms with Crippen molar-refractivity contribution in [3.63, 3.8) is 0 Å². The smallest absolute Gasteiger partial charge is 0.335 e. The topological polar surface area (TPSA) is 93.5 Å². The Morgan fingerprint density at radius 2 is 1.73 bits per heavy atom. The van der Waals surface area contributed by atoms with Crippen molar-refractivity contribution in [3.8, 4) is 11.4 Å². The molecule has 8 heteroatoms. The third kappa shape index (κ3) is 4.18. The summed E-state index contributed by atoms with van der Waals surface area (Å²) in [5.74, 6) is -0.693. The van der Waals surface area contributed by atoms with Gasteiger partial charge in [-0.3, -0.25) is 19.9 Å². The van der Waals surface area contributed by atoms with Gasteiger partial charge in [-0.2, -0.15) is 0 Å². The number of aryl methyl sites for hydroxylation is 1. The van der Waals surface area contributed by atoms with Crippen LogP contribution < -0.4 is 15.0 Å². The molecule has 0 spiro atoms. The molecule has 1 aliphatic heterocycles. The Balaban J connectivity index is 1.69. The summed E-state index contributed by atoms with van der Waals surface area (Å²) in [6.45, 7) is 7.90. The van der Waals surface area contributed by atoms with Gasteiger partial charge in [0, 0.05) is 29.5 Å². The lowest BCUT2D eigenvalue weighted by molar-refractivity contribution is -0.122. The Morgan fingerprint density at radius 3 is 2.39 bits per heavy atom. The van der Waals surface area contributed by atoms with E-state index in [4.69, 9.17) is 4.74 Å². The number of nitrogens with one attached hydrogen (secondary N) is 1. The van der Waals surface area contributed by atoms with Gasteiger partial charge in [-0.25, -0.2) is 9.69 Å². The van der Waals surface area contributed by atoms with Crippen LogP contribution in [0.5, 0.6) is 5.75 Å². The first-order valence-electron chi connectivity index (χ1n) is 10.2. The fourth-order valence-corrected chi connectivity index (χ4v) is 3.72. The van der Waals surface area contributed by atoms with Crippen LogP contribution in [0.2, 0.25) is 0 Å². The summed E-state index contributed by atoms with van der Waals surface area (Å²) < 4.78 is 7.55. The predicted octanol–water partition coefficient (Wildman–Crippen LogP) is 3.72. The van der Waals surface area contributed by atoms with E-state index in [0.717, 1.165) is 27.7 Å². The van der Waals surface area contributed by atoms with Crippen LogP contribution in [-0.2, 0) is 9.59 Å². The molecular weight excluding hydrogens is 420 g/mol. The van der Waals surface area contributed by atoms with Gasteiger partial charge in [-0.05, 0) is 68.0 Å². The van der Waals surface area contributed by atoms with Crippen LogP contribution in [0.1, 0.15) is 17.0 Å². The van der Waals surface area contributed by atoms with E-state index in [1.165, 1.54) is 30.6 Å². The van der Waals surface area contributed by atoms with Crippen molar-refractivity contribution in [2.45, 2.75) is 13.8 Å². The highest BCUT2D eigenvalue weighted by atomic mass is 16.5. The fourth-order valence-electron chi connectivity index (χ4n) is 3.72. The molecule has 3 aromatic rings. The van der Waals surface area contributed by atoms with Gasteiger partial charge in [-0.15, -0.1) is 0 Å². The number of carbonyl (C=O) groups excluding carboxylic acids is 3. The summed E-state index contributed by atoms with van der Waals surface area (Å²) in [5, 5.41) is 2.23. The maximum absolute atomic E-state index is 13.1. The van der Waals surface area contributed by atoms with E-state index in [0.29, 0.717) is 17.9 Å². The lowest BCUT2D eigenvalue weighted by atomic mass is 10.1. The van der Waals surface area contributed by atoms with Gasteiger partial charge < -0.3 is 9.30 Å². The number of barbiturate groups is 1. The number of carbonyl (C=O) groups is 3. The highest BCUT2D eigenvalue weighted by Gasteiger charge is 2.37. The van der Waals surface area contributed by atoms with Gasteiger partial charge in [0.2, 0.25) is 0 Å². The number of imide groups is 2. The number of hydrogen-bond donors (Lipinski definition) is 1. The molecule has 1 fully saturated rings. The predicted molar refractivity (Wildman–Crippen MR) is 124 cm³/mol. The minimum absolute atomic E-state index is 0.125. The molecule has 1 N–H and O–H groups in total. The molecule has 2 aromatic heterocycles. The average molecular weight is 442 g/mol. The van der Waals surface area contributed by atoms with Crippen molar-refractivity contribution >= 4 is 29.6 Å². The average Bonchev–Trinajstić information content (AvgIpc) is 3.09. The number of hydrogen-bond acceptors (Lipinski definition) is 5. The molecule has 0 unspecified atom stereocenters. The molecule has 1 saturated heterocycles. The Morgan fingerprint density at radius 1 is 1.03 bits per heavy atom. The van der Waals surface area contributed by atoms with Crippen molar-refractivity contribution in [2.75, 3.05) is 11.5 Å². The number of nitrogens with zero attached hydrogens (tertiary/aromatic N) is 3. The Kier molecular flexibility index (Phi) is 5.91. The Hall–Kier alpha value is -4.46. The summed E-state index contributed by atoms with van der Waals surface area (Å²) in [4.78, 5) is 42.7. The number of benzene rings is 1. The summed E-state index contributed by atoms with van der Waals surface area (Å²) >= 11 is 0. The third-order valence-corrected chi connectivity index (χ3v) is 5.26. The van der Waals surface area contributed by atoms with E-state index in [1.807, 2.05) is 48.7 Å². The molecule has 0 bridgehead atoms. The van der Waals surface area contributed by atoms with Gasteiger partial charge in [0.1, 0.15) is 17.9 Å². The lowest BCUT2D eigenvalue weighted by Gasteiger charge is -2.26. The monoisotopic (exact) mass is 442 g/mol. The fraction of sp³-hybridized carbons (Fsp3) is 0.120. The lowest BCUT2D eigenvalue weighted by Crippen LogP contribution is -2.54. The number of ether oxygens (including phenoxy) is 1. The maximum Gasteiger partial charge on any atom is 0.335 e. The zero-order chi connectivity index (χ0) is 23.5. The van der Waals surface area contributed by atoms with E-state index in [2.05, 4.69) is 16.9 Å². The molecular formula is C25H22N4O4. The zero-order valence-electron chi connectivity index (χ0n) is 18.2. The molecule has 3 heterocycles. The molecule has 33 heavy (non-hydrogen) atoms. The number of aromatic nitrogens is 2. The maximum atomic E-state index is 13.1. The molecule has 0 atom stereocenters. The summed E-state index contributed by atoms with van der Waals surface area (Å²) in [6, 6.07) is 11.7. The largest absolute Gasteiger partial charge is 0.490 e. The quantitative estimate of drug-likeness (QED) is 0.357. The number of anilines is 1. The first-order chi connectivity index (χ1) is 15.9. The number of urea groups is 1. The summed E-state index contributed by atoms with van der Waals surface area (Å²) in [7, 11) is 0. The van der Waals surface area contributed by atoms with Crippen LogP contribution in [0.15, 0.2) is 73.1 Å². The first-order valence-corrected chi connectivity index (χ1v) is 10.2. The van der Waals surface area contributed by atoms with E-state index in [-0.39, 0.29) is 5.57 Å². The Labute approximate surface area is 190 Å². The van der Waals surface area contributed by atoms with Gasteiger partial charge in [0.15, 0.2) is 0 Å². The zero-order valence-corrected chi connectivity index (χ0v) is 18.2. The van der Waals surface area contributed by atoms with Crippen molar-refractivity contribution in [3.05, 3.63) is 90.0 Å². The molecule has 4 amide bonds. The van der Waals surface area contributed by atoms with E-state index < -0.39 is 17.8 Å². The summed E-state index contributed by atoms with van der Waals surface area (Å²) in [6.07, 6.45) is 6.13. The summed E-state index contributed by atoms with van der Waals surface area (Å²) in [5.41, 5.74) is 3.57. The van der Waals surface area contributed by atoms with E-state index >= 15 is 0 Å². The van der Waals surface area contributed by atoms with Crippen LogP contribution in [-0.4, -0.2) is 34.0 Å². The molecule has 1 aliphatic rings. The molecule has 0 saturated carbocycles. The van der Waals surface area contributed by atoms with Gasteiger partial charge in [0.25, 0.3) is 11.8 Å². The van der Waals surface area contributed by atoms with Crippen LogP contribution in [0, 0.1) is 13.8 Å². The van der Waals surface area contributed by atoms with E-state index in [9.17, 15) is 14.4 Å². The minimum Gasteiger partial charge on any atom is -0.490 e. The molecule has 0 aliphatic carbocycles. The number of pyridine rings is 1. The molecule has 1 aromatic carbocycles. The van der Waals surface area contributed by atoms with Crippen molar-refractivity contribution in [1.29, 1.82) is 0 Å². The van der Waals surface area contributed by atoms with Gasteiger partial charge >= 0.3 is 6.03 Å².